The zero-order chi connectivity index (χ0) is 17.6. The highest BCUT2D eigenvalue weighted by molar-refractivity contribution is 8.01. The van der Waals surface area contributed by atoms with Gasteiger partial charge in [-0.15, -0.1) is 11.8 Å². The number of fused-ring (bicyclic) bond motifs is 1. The lowest BCUT2D eigenvalue weighted by Gasteiger charge is -2.43. The summed E-state index contributed by atoms with van der Waals surface area (Å²) in [6, 6.07) is 5.41. The molecule has 8 heteroatoms. The van der Waals surface area contributed by atoms with Crippen LogP contribution in [0.1, 0.15) is 19.4 Å². The van der Waals surface area contributed by atoms with Crippen molar-refractivity contribution >= 4 is 35.2 Å². The van der Waals surface area contributed by atoms with E-state index in [-0.39, 0.29) is 23.6 Å². The van der Waals surface area contributed by atoms with Crippen molar-refractivity contribution in [1.29, 1.82) is 0 Å². The second-order valence-electron chi connectivity index (χ2n) is 6.56. The molecular weight excluding hydrogens is 330 g/mol. The lowest BCUT2D eigenvalue weighted by molar-refractivity contribution is -0.161. The van der Waals surface area contributed by atoms with Crippen molar-refractivity contribution in [3.63, 3.8) is 0 Å². The number of aliphatic carboxylic acids is 1. The highest BCUT2D eigenvalue weighted by Gasteiger charge is 2.64. The number of carboxylic acid groups (broad SMARTS) is 1. The monoisotopic (exact) mass is 349 g/mol. The van der Waals surface area contributed by atoms with Crippen molar-refractivity contribution in [1.82, 2.24) is 10.2 Å². The van der Waals surface area contributed by atoms with Crippen LogP contribution in [0.25, 0.3) is 0 Å². The van der Waals surface area contributed by atoms with Crippen LogP contribution in [-0.4, -0.2) is 50.0 Å². The lowest BCUT2D eigenvalue weighted by atomic mass is 9.96. The zero-order valence-corrected chi connectivity index (χ0v) is 14.2. The number of carbonyl (C=O) groups is 3. The standard InChI is InChI=1S/C16H19N3O4S/c1-16(2)12(15(22)23)19-13(21)11(14(19)24-16)18-10(20)7-8-3-5-9(17)6-4-8/h3-6,11-12,14H,7,17H2,1-2H3,(H,18,20)(H,22,23). The molecule has 1 aromatic rings. The van der Waals surface area contributed by atoms with Crippen molar-refractivity contribution in [3.05, 3.63) is 29.8 Å². The van der Waals surface area contributed by atoms with E-state index >= 15 is 0 Å². The quantitative estimate of drug-likeness (QED) is 0.537. The number of nitrogens with zero attached hydrogens (tertiary/aromatic N) is 1. The lowest BCUT2D eigenvalue weighted by Crippen LogP contribution is -2.70. The second kappa shape index (κ2) is 5.70. The molecule has 0 radical (unpaired) electrons. The Kier molecular flexibility index (Phi) is 3.95. The third kappa shape index (κ3) is 2.71. The number of nitrogens with one attached hydrogen (secondary N) is 1. The molecule has 3 atom stereocenters. The molecule has 4 N–H and O–H groups in total. The van der Waals surface area contributed by atoms with Crippen LogP contribution in [0.4, 0.5) is 5.69 Å². The summed E-state index contributed by atoms with van der Waals surface area (Å²) in [4.78, 5) is 37.3. The number of β-lactam (4-membered cyclic amide) rings is 1. The molecule has 24 heavy (non-hydrogen) atoms. The topological polar surface area (TPSA) is 113 Å². The minimum Gasteiger partial charge on any atom is -0.480 e. The van der Waals surface area contributed by atoms with E-state index in [0.717, 1.165) is 5.56 Å². The van der Waals surface area contributed by atoms with Crippen LogP contribution >= 0.6 is 11.8 Å². The Balaban J connectivity index is 1.65. The first kappa shape index (κ1) is 16.6. The number of nitrogen functional groups attached to an aromatic ring is 1. The number of anilines is 1. The fraction of sp³-hybridized carbons (Fsp3) is 0.438. The van der Waals surface area contributed by atoms with E-state index in [1.54, 1.807) is 38.1 Å². The van der Waals surface area contributed by atoms with E-state index in [1.165, 1.54) is 16.7 Å². The summed E-state index contributed by atoms with van der Waals surface area (Å²) in [6.45, 7) is 3.60. The predicted octanol–water partition coefficient (Wildman–Crippen LogP) is 0.443. The van der Waals surface area contributed by atoms with Gasteiger partial charge in [0.15, 0.2) is 0 Å². The number of amides is 2. The third-order valence-corrected chi connectivity index (χ3v) is 5.91. The van der Waals surface area contributed by atoms with Gasteiger partial charge >= 0.3 is 5.97 Å². The normalized spacial score (nSPS) is 27.3. The number of rotatable bonds is 4. The van der Waals surface area contributed by atoms with Gasteiger partial charge in [0.25, 0.3) is 0 Å². The van der Waals surface area contributed by atoms with Gasteiger partial charge in [0.05, 0.1) is 6.42 Å². The molecule has 2 heterocycles. The Morgan fingerprint density at radius 2 is 1.96 bits per heavy atom. The molecule has 0 bridgehead atoms. The highest BCUT2D eigenvalue weighted by Crippen LogP contribution is 2.50. The van der Waals surface area contributed by atoms with Crippen LogP contribution in [0.5, 0.6) is 0 Å². The second-order valence-corrected chi connectivity index (χ2v) is 8.33. The van der Waals surface area contributed by atoms with E-state index < -0.39 is 22.8 Å². The van der Waals surface area contributed by atoms with Crippen molar-refractivity contribution in [2.75, 3.05) is 5.73 Å². The number of carboxylic acids is 1. The molecule has 0 saturated carbocycles. The number of thioether (sulfide) groups is 1. The molecule has 2 amide bonds. The van der Waals surface area contributed by atoms with Gasteiger partial charge < -0.3 is 21.1 Å². The van der Waals surface area contributed by atoms with Gasteiger partial charge in [-0.25, -0.2) is 4.79 Å². The van der Waals surface area contributed by atoms with E-state index in [4.69, 9.17) is 5.73 Å². The van der Waals surface area contributed by atoms with Crippen molar-refractivity contribution in [2.24, 2.45) is 0 Å². The molecule has 128 valence electrons. The summed E-state index contributed by atoms with van der Waals surface area (Å²) in [5, 5.41) is 11.8. The summed E-state index contributed by atoms with van der Waals surface area (Å²) < 4.78 is -0.595. The Morgan fingerprint density at radius 3 is 2.54 bits per heavy atom. The average Bonchev–Trinajstić information content (AvgIpc) is 2.76. The summed E-state index contributed by atoms with van der Waals surface area (Å²) >= 11 is 1.41. The molecule has 2 aliphatic rings. The van der Waals surface area contributed by atoms with Gasteiger partial charge in [-0.1, -0.05) is 12.1 Å². The number of carbonyl (C=O) groups excluding carboxylic acids is 2. The van der Waals surface area contributed by atoms with Crippen LogP contribution in [0.2, 0.25) is 0 Å². The minimum atomic E-state index is -1.02. The Morgan fingerprint density at radius 1 is 1.33 bits per heavy atom. The van der Waals surface area contributed by atoms with Crippen LogP contribution in [0, 0.1) is 0 Å². The molecule has 3 unspecified atom stereocenters. The number of benzene rings is 1. The van der Waals surface area contributed by atoms with Gasteiger partial charge in [-0.3, -0.25) is 9.59 Å². The molecule has 3 rings (SSSR count). The molecule has 0 spiro atoms. The van der Waals surface area contributed by atoms with Gasteiger partial charge in [-0.05, 0) is 31.5 Å². The van der Waals surface area contributed by atoms with Gasteiger partial charge in [0.2, 0.25) is 11.8 Å². The fourth-order valence-corrected chi connectivity index (χ4v) is 4.82. The van der Waals surface area contributed by atoms with Crippen LogP contribution in [0.3, 0.4) is 0 Å². The number of hydrogen-bond donors (Lipinski definition) is 3. The molecule has 7 nitrogen and oxygen atoms in total. The maximum absolute atomic E-state index is 12.3. The van der Waals surface area contributed by atoms with Crippen LogP contribution < -0.4 is 11.1 Å². The summed E-state index contributed by atoms with van der Waals surface area (Å²) in [5.41, 5.74) is 7.02. The molecule has 2 saturated heterocycles. The molecular formula is C16H19N3O4S. The molecule has 0 aliphatic carbocycles. The van der Waals surface area contributed by atoms with Gasteiger partial charge in [0, 0.05) is 10.4 Å². The van der Waals surface area contributed by atoms with E-state index in [2.05, 4.69) is 5.32 Å². The van der Waals surface area contributed by atoms with Crippen LogP contribution in [-0.2, 0) is 20.8 Å². The van der Waals surface area contributed by atoms with E-state index in [0.29, 0.717) is 5.69 Å². The fourth-order valence-electron chi connectivity index (χ4n) is 3.19. The molecule has 2 aliphatic heterocycles. The molecule has 0 aromatic heterocycles. The van der Waals surface area contributed by atoms with Gasteiger partial charge in [-0.2, -0.15) is 0 Å². The molecule has 2 fully saturated rings. The molecule has 1 aromatic carbocycles. The Bertz CT molecular complexity index is 704. The van der Waals surface area contributed by atoms with Crippen molar-refractivity contribution in [3.8, 4) is 0 Å². The zero-order valence-electron chi connectivity index (χ0n) is 13.4. The van der Waals surface area contributed by atoms with Gasteiger partial charge in [0.1, 0.15) is 17.5 Å². The maximum atomic E-state index is 12.3. The maximum Gasteiger partial charge on any atom is 0.327 e. The van der Waals surface area contributed by atoms with E-state index in [9.17, 15) is 19.5 Å². The predicted molar refractivity (Wildman–Crippen MR) is 90.2 cm³/mol. The van der Waals surface area contributed by atoms with E-state index in [1.807, 2.05) is 0 Å². The first-order chi connectivity index (χ1) is 11.2. The largest absolute Gasteiger partial charge is 0.480 e. The Labute approximate surface area is 143 Å². The van der Waals surface area contributed by atoms with Crippen molar-refractivity contribution < 1.29 is 19.5 Å². The third-order valence-electron chi connectivity index (χ3n) is 4.34. The Hall–Kier alpha value is -2.22. The van der Waals surface area contributed by atoms with Crippen molar-refractivity contribution in [2.45, 2.75) is 42.5 Å². The summed E-state index contributed by atoms with van der Waals surface area (Å²) in [7, 11) is 0. The average molecular weight is 349 g/mol. The SMILES string of the molecule is CC1(C)SC2C(NC(=O)Cc3ccc(N)cc3)C(=O)N2C1C(=O)O. The first-order valence-electron chi connectivity index (χ1n) is 7.57. The number of nitrogens with two attached hydrogens (primary N) is 1. The van der Waals surface area contributed by atoms with Crippen LogP contribution in [0.15, 0.2) is 24.3 Å². The minimum absolute atomic E-state index is 0.146. The summed E-state index contributed by atoms with van der Waals surface area (Å²) in [6.07, 6.45) is 0.146. The summed E-state index contributed by atoms with van der Waals surface area (Å²) in [5.74, 6) is -1.62. The first-order valence-corrected chi connectivity index (χ1v) is 8.45. The smallest absolute Gasteiger partial charge is 0.327 e. The highest BCUT2D eigenvalue weighted by atomic mass is 32.2. The number of hydrogen-bond acceptors (Lipinski definition) is 5.